The Morgan fingerprint density at radius 3 is 2.10 bits per heavy atom. The fourth-order valence-electron chi connectivity index (χ4n) is 5.13. The van der Waals surface area contributed by atoms with Gasteiger partial charge in [-0.3, -0.25) is 9.59 Å². The first-order valence-electron chi connectivity index (χ1n) is 15.2. The van der Waals surface area contributed by atoms with Crippen LogP contribution in [0.3, 0.4) is 0 Å². The highest BCUT2D eigenvalue weighted by Crippen LogP contribution is 2.30. The largest absolute Gasteiger partial charge is 0.508 e. The Kier molecular flexibility index (Phi) is 13.4. The molecule has 0 spiro atoms. The molecule has 2 aromatic rings. The fraction of sp³-hybridized carbons (Fsp3) is 0.559. The lowest BCUT2D eigenvalue weighted by Crippen LogP contribution is -2.54. The Bertz CT molecular complexity index is 1150. The molecule has 3 unspecified atom stereocenters. The Labute approximate surface area is 252 Å². The van der Waals surface area contributed by atoms with Crippen LogP contribution in [-0.2, 0) is 20.7 Å². The molecule has 3 amide bonds. The minimum atomic E-state index is -1.00. The summed E-state index contributed by atoms with van der Waals surface area (Å²) in [6, 6.07) is 10.5. The van der Waals surface area contributed by atoms with Crippen molar-refractivity contribution in [2.45, 2.75) is 118 Å². The monoisotopic (exact) mass is 581 g/mol. The lowest BCUT2D eigenvalue weighted by Gasteiger charge is -2.36. The molecule has 0 aliphatic carbocycles. The summed E-state index contributed by atoms with van der Waals surface area (Å²) in [5.74, 6) is -0.495. The SMILES string of the molecule is CCCCCN(C(=O)C(Cc1ccc(O)cc1)NC(=O)OC(C)(C)C)C(C(=O)NC(C)CCC)c1c(C)cccc1C. The number of aromatic hydroxyl groups is 1. The lowest BCUT2D eigenvalue weighted by molar-refractivity contribution is -0.142. The number of carbonyl (C=O) groups excluding carboxylic acids is 3. The summed E-state index contributed by atoms with van der Waals surface area (Å²) >= 11 is 0. The van der Waals surface area contributed by atoms with Crippen molar-refractivity contribution in [1.82, 2.24) is 15.5 Å². The van der Waals surface area contributed by atoms with Gasteiger partial charge >= 0.3 is 6.09 Å². The minimum Gasteiger partial charge on any atom is -0.508 e. The van der Waals surface area contributed by atoms with E-state index >= 15 is 0 Å². The third-order valence-corrected chi connectivity index (χ3v) is 7.14. The van der Waals surface area contributed by atoms with Crippen molar-refractivity contribution in [3.8, 4) is 5.75 Å². The van der Waals surface area contributed by atoms with Gasteiger partial charge < -0.3 is 25.4 Å². The third-order valence-electron chi connectivity index (χ3n) is 7.14. The Balaban J connectivity index is 2.63. The van der Waals surface area contributed by atoms with Crippen LogP contribution < -0.4 is 10.6 Å². The maximum Gasteiger partial charge on any atom is 0.408 e. The Morgan fingerprint density at radius 2 is 1.55 bits per heavy atom. The molecule has 0 saturated heterocycles. The first kappa shape index (κ1) is 34.7. The molecular weight excluding hydrogens is 530 g/mol. The predicted molar refractivity (Wildman–Crippen MR) is 167 cm³/mol. The third kappa shape index (κ3) is 10.7. The number of aryl methyl sites for hydroxylation is 2. The summed E-state index contributed by atoms with van der Waals surface area (Å²) < 4.78 is 5.52. The van der Waals surface area contributed by atoms with Gasteiger partial charge in [0.2, 0.25) is 11.8 Å². The van der Waals surface area contributed by atoms with Crippen molar-refractivity contribution in [1.29, 1.82) is 0 Å². The zero-order valence-electron chi connectivity index (χ0n) is 26.8. The molecule has 0 aliphatic rings. The summed E-state index contributed by atoms with van der Waals surface area (Å²) in [6.07, 6.45) is 3.73. The maximum absolute atomic E-state index is 14.6. The first-order valence-corrected chi connectivity index (χ1v) is 15.2. The second-order valence-electron chi connectivity index (χ2n) is 12.2. The van der Waals surface area contributed by atoms with Crippen LogP contribution in [0.15, 0.2) is 42.5 Å². The number of amides is 3. The summed E-state index contributed by atoms with van der Waals surface area (Å²) in [7, 11) is 0. The predicted octanol–water partition coefficient (Wildman–Crippen LogP) is 6.51. The van der Waals surface area contributed by atoms with Gasteiger partial charge in [-0.25, -0.2) is 4.79 Å². The van der Waals surface area contributed by atoms with Gasteiger partial charge in [0.05, 0.1) is 0 Å². The number of ether oxygens (including phenoxy) is 1. The van der Waals surface area contributed by atoms with Crippen molar-refractivity contribution in [3.05, 3.63) is 64.7 Å². The summed E-state index contributed by atoms with van der Waals surface area (Å²) in [4.78, 5) is 43.3. The van der Waals surface area contributed by atoms with E-state index in [4.69, 9.17) is 4.74 Å². The Hall–Kier alpha value is -3.55. The van der Waals surface area contributed by atoms with Crippen LogP contribution in [-0.4, -0.2) is 52.1 Å². The van der Waals surface area contributed by atoms with Gasteiger partial charge in [-0.2, -0.15) is 0 Å². The quantitative estimate of drug-likeness (QED) is 0.221. The van der Waals surface area contributed by atoms with E-state index in [0.717, 1.165) is 47.9 Å². The van der Waals surface area contributed by atoms with Crippen molar-refractivity contribution >= 4 is 17.9 Å². The number of hydrogen-bond donors (Lipinski definition) is 3. The normalized spacial score (nSPS) is 13.5. The van der Waals surface area contributed by atoms with E-state index in [1.807, 2.05) is 39.0 Å². The van der Waals surface area contributed by atoms with Gasteiger partial charge in [0.15, 0.2) is 0 Å². The van der Waals surface area contributed by atoms with E-state index in [2.05, 4.69) is 24.5 Å². The Morgan fingerprint density at radius 1 is 0.929 bits per heavy atom. The molecule has 8 heteroatoms. The average molecular weight is 582 g/mol. The van der Waals surface area contributed by atoms with E-state index in [9.17, 15) is 19.5 Å². The van der Waals surface area contributed by atoms with Crippen LogP contribution in [0.4, 0.5) is 4.79 Å². The van der Waals surface area contributed by atoms with Crippen molar-refractivity contribution in [2.75, 3.05) is 6.54 Å². The van der Waals surface area contributed by atoms with Gasteiger partial charge in [-0.15, -0.1) is 0 Å². The van der Waals surface area contributed by atoms with E-state index < -0.39 is 23.8 Å². The molecule has 0 fully saturated rings. The van der Waals surface area contributed by atoms with E-state index in [1.54, 1.807) is 49.9 Å². The number of unbranched alkanes of at least 4 members (excludes halogenated alkanes) is 2. The second kappa shape index (κ2) is 16.2. The van der Waals surface area contributed by atoms with E-state index in [1.165, 1.54) is 0 Å². The number of benzene rings is 2. The molecule has 0 bridgehead atoms. The second-order valence-corrected chi connectivity index (χ2v) is 12.2. The van der Waals surface area contributed by atoms with Crippen LogP contribution in [0, 0.1) is 13.8 Å². The zero-order chi connectivity index (χ0) is 31.4. The number of phenols is 1. The standard InChI is InChI=1S/C34H51N3O5/c1-9-11-12-21-37(30(31(39)35-25(5)14-10-2)29-23(3)15-13-16-24(29)4)32(40)28(36-33(41)42-34(6,7)8)22-26-17-19-27(38)20-18-26/h13,15-20,25,28,30,38H,9-12,14,21-22H2,1-8H3,(H,35,39)(H,36,41). The molecule has 0 aromatic heterocycles. The van der Waals surface area contributed by atoms with Crippen molar-refractivity contribution in [3.63, 3.8) is 0 Å². The van der Waals surface area contributed by atoms with E-state index in [-0.39, 0.29) is 30.0 Å². The first-order chi connectivity index (χ1) is 19.8. The van der Waals surface area contributed by atoms with Crippen LogP contribution in [0.25, 0.3) is 0 Å². The van der Waals surface area contributed by atoms with Crippen molar-refractivity contribution in [2.24, 2.45) is 0 Å². The lowest BCUT2D eigenvalue weighted by atomic mass is 9.92. The van der Waals surface area contributed by atoms with Crippen LogP contribution in [0.2, 0.25) is 0 Å². The zero-order valence-corrected chi connectivity index (χ0v) is 26.8. The van der Waals surface area contributed by atoms with Gasteiger partial charge in [-0.1, -0.05) is 63.4 Å². The molecule has 0 heterocycles. The highest BCUT2D eigenvalue weighted by Gasteiger charge is 2.37. The summed E-state index contributed by atoms with van der Waals surface area (Å²) in [5, 5.41) is 15.7. The topological polar surface area (TPSA) is 108 Å². The van der Waals surface area contributed by atoms with Crippen LogP contribution in [0.1, 0.15) is 102 Å². The molecule has 3 N–H and O–H groups in total. The molecule has 232 valence electrons. The molecule has 3 atom stereocenters. The number of rotatable bonds is 14. The van der Waals surface area contributed by atoms with Crippen LogP contribution >= 0.6 is 0 Å². The highest BCUT2D eigenvalue weighted by molar-refractivity contribution is 5.93. The molecular formula is C34H51N3O5. The number of carbonyl (C=O) groups is 3. The average Bonchev–Trinajstić information content (AvgIpc) is 2.89. The highest BCUT2D eigenvalue weighted by atomic mass is 16.6. The molecule has 8 nitrogen and oxygen atoms in total. The summed E-state index contributed by atoms with van der Waals surface area (Å²) in [5.41, 5.74) is 2.63. The number of alkyl carbamates (subject to hydrolysis) is 1. The van der Waals surface area contributed by atoms with Gasteiger partial charge in [0.25, 0.3) is 0 Å². The van der Waals surface area contributed by atoms with Gasteiger partial charge in [0.1, 0.15) is 23.4 Å². The number of hydrogen-bond acceptors (Lipinski definition) is 5. The molecule has 0 radical (unpaired) electrons. The summed E-state index contributed by atoms with van der Waals surface area (Å²) in [6.45, 7) is 15.7. The number of nitrogens with zero attached hydrogens (tertiary/aromatic N) is 1. The molecule has 42 heavy (non-hydrogen) atoms. The van der Waals surface area contributed by atoms with Gasteiger partial charge in [-0.05, 0) is 88.8 Å². The van der Waals surface area contributed by atoms with Gasteiger partial charge in [0, 0.05) is 19.0 Å². The maximum atomic E-state index is 14.6. The van der Waals surface area contributed by atoms with Crippen LogP contribution in [0.5, 0.6) is 5.75 Å². The molecule has 0 aliphatic heterocycles. The fourth-order valence-corrected chi connectivity index (χ4v) is 5.13. The van der Waals surface area contributed by atoms with E-state index in [0.29, 0.717) is 13.0 Å². The number of nitrogens with one attached hydrogen (secondary N) is 2. The molecule has 2 aromatic carbocycles. The van der Waals surface area contributed by atoms with Crippen molar-refractivity contribution < 1.29 is 24.2 Å². The molecule has 2 rings (SSSR count). The molecule has 0 saturated carbocycles. The minimum absolute atomic E-state index is 0.0606. The number of phenolic OH excluding ortho intramolecular Hbond substituents is 1. The smallest absolute Gasteiger partial charge is 0.408 e.